The van der Waals surface area contributed by atoms with Crippen molar-refractivity contribution in [1.29, 1.82) is 0 Å². The van der Waals surface area contributed by atoms with Crippen LogP contribution in [0.25, 0.3) is 0 Å². The average Bonchev–Trinajstić information content (AvgIpc) is 3.20. The molecule has 0 heterocycles. The fourth-order valence-electron chi connectivity index (χ4n) is 5.66. The quantitative estimate of drug-likeness (QED) is 0.0307. The van der Waals surface area contributed by atoms with Gasteiger partial charge in [0.1, 0.15) is 44.0 Å². The van der Waals surface area contributed by atoms with Gasteiger partial charge in [-0.25, -0.2) is 0 Å². The number of amides is 9. The number of likely N-dealkylation sites (N-methyl/N-ethyl adjacent to an activating group) is 1. The molecule has 0 aromatic carbocycles. The van der Waals surface area contributed by atoms with E-state index in [4.69, 9.17) is 20.9 Å². The molecule has 0 saturated carbocycles. The van der Waals surface area contributed by atoms with Gasteiger partial charge in [0, 0.05) is 46.1 Å². The molecule has 0 radical (unpaired) electrons. The third kappa shape index (κ3) is 28.5. The molecule has 4 atom stereocenters. The van der Waals surface area contributed by atoms with Crippen molar-refractivity contribution >= 4 is 53.2 Å². The topological polar surface area (TPSA) is 320 Å². The molecule has 0 aliphatic heterocycles. The second-order valence-electron chi connectivity index (χ2n) is 14.1. The van der Waals surface area contributed by atoms with Crippen molar-refractivity contribution in [2.24, 2.45) is 11.5 Å². The summed E-state index contributed by atoms with van der Waals surface area (Å²) in [5.41, 5.74) is 11.2. The van der Waals surface area contributed by atoms with Gasteiger partial charge in [0.2, 0.25) is 53.2 Å². The smallest absolute Gasteiger partial charge is 0.246 e. The predicted octanol–water partition coefficient (Wildman–Crippen LogP) is -1.98. The Morgan fingerprint density at radius 3 is 1.38 bits per heavy atom. The van der Waals surface area contributed by atoms with E-state index in [1.54, 1.807) is 20.8 Å². The number of primary amides is 1. The van der Waals surface area contributed by atoms with Crippen molar-refractivity contribution in [3.8, 4) is 0 Å². The maximum atomic E-state index is 13.6. The summed E-state index contributed by atoms with van der Waals surface area (Å²) >= 11 is 0. The van der Waals surface area contributed by atoms with Crippen molar-refractivity contribution < 1.29 is 52.6 Å². The number of nitrogens with one attached hydrogen (secondary N) is 8. The maximum Gasteiger partial charge on any atom is 0.246 e. The highest BCUT2D eigenvalue weighted by molar-refractivity contribution is 5.94. The van der Waals surface area contributed by atoms with Crippen molar-refractivity contribution in [2.45, 2.75) is 135 Å². The van der Waals surface area contributed by atoms with Crippen LogP contribution in [0.4, 0.5) is 0 Å². The van der Waals surface area contributed by atoms with Gasteiger partial charge in [0.05, 0.1) is 0 Å². The van der Waals surface area contributed by atoms with E-state index in [0.29, 0.717) is 84.0 Å². The zero-order valence-corrected chi connectivity index (χ0v) is 36.0. The number of unbranched alkanes of at least 4 members (excludes halogenated alkanes) is 4. The van der Waals surface area contributed by atoms with E-state index in [-0.39, 0.29) is 82.2 Å². The van der Waals surface area contributed by atoms with Gasteiger partial charge in [-0.1, -0.05) is 6.92 Å². The standard InChI is InChI=1S/C39H72N10O11/c1-5-32(51)47-30(18-10-14-22-44-35(54)26-60-25-33(52)42-6-2)38(57)49-31(39(58)48-28(36(41)55)16-8-12-20-40)19-11-15-23-45-37(56)29(46-27(4)50)17-9-13-21-43-34(53)24-59-7-3/h28-31H,5-26,40H2,1-4H3,(H2,41,55)(H,42,52)(H,43,53)(H,44,54)(H,45,56)(H,46,50)(H,47,51)(H,48,58)(H,49,57)/t28?,29?,30?,31-/m1/s1. The monoisotopic (exact) mass is 857 g/mol. The Morgan fingerprint density at radius 1 is 0.483 bits per heavy atom. The largest absolute Gasteiger partial charge is 0.372 e. The summed E-state index contributed by atoms with van der Waals surface area (Å²) < 4.78 is 10.1. The maximum absolute atomic E-state index is 13.6. The van der Waals surface area contributed by atoms with E-state index in [9.17, 15) is 43.2 Å². The number of hydrogen-bond donors (Lipinski definition) is 10. The van der Waals surface area contributed by atoms with E-state index in [1.165, 1.54) is 6.92 Å². The van der Waals surface area contributed by atoms with Crippen molar-refractivity contribution in [3.63, 3.8) is 0 Å². The molecule has 0 aromatic heterocycles. The Hall–Kier alpha value is -4.89. The highest BCUT2D eigenvalue weighted by atomic mass is 16.5. The number of nitrogens with two attached hydrogens (primary N) is 2. The van der Waals surface area contributed by atoms with Crippen LogP contribution in [0.2, 0.25) is 0 Å². The molecule has 0 aliphatic carbocycles. The van der Waals surface area contributed by atoms with E-state index in [2.05, 4.69) is 42.5 Å². The predicted molar refractivity (Wildman–Crippen MR) is 222 cm³/mol. The second kappa shape index (κ2) is 34.9. The second-order valence-corrected chi connectivity index (χ2v) is 14.1. The molecule has 0 aromatic rings. The molecule has 344 valence electrons. The minimum absolute atomic E-state index is 0.0303. The van der Waals surface area contributed by atoms with Crippen LogP contribution in [-0.4, -0.2) is 136 Å². The summed E-state index contributed by atoms with van der Waals surface area (Å²) in [5.74, 6) is -4.17. The van der Waals surface area contributed by atoms with Crippen LogP contribution < -0.4 is 54.0 Å². The van der Waals surface area contributed by atoms with Crippen LogP contribution in [0.5, 0.6) is 0 Å². The number of hydrogen-bond acceptors (Lipinski definition) is 12. The first kappa shape index (κ1) is 55.1. The van der Waals surface area contributed by atoms with E-state index in [1.807, 2.05) is 0 Å². The van der Waals surface area contributed by atoms with Crippen LogP contribution in [0.1, 0.15) is 111 Å². The summed E-state index contributed by atoms with van der Waals surface area (Å²) in [6.07, 6.45) is 4.84. The number of carbonyl (C=O) groups is 9. The minimum atomic E-state index is -1.13. The molecule has 21 nitrogen and oxygen atoms in total. The van der Waals surface area contributed by atoms with Crippen LogP contribution in [0.15, 0.2) is 0 Å². The van der Waals surface area contributed by atoms with Crippen LogP contribution in [0, 0.1) is 0 Å². The normalized spacial score (nSPS) is 12.8. The Morgan fingerprint density at radius 2 is 0.917 bits per heavy atom. The molecule has 9 amide bonds. The van der Waals surface area contributed by atoms with E-state index in [0.717, 1.165) is 0 Å². The fourth-order valence-corrected chi connectivity index (χ4v) is 5.66. The summed E-state index contributed by atoms with van der Waals surface area (Å²) in [7, 11) is 0. The van der Waals surface area contributed by atoms with Gasteiger partial charge >= 0.3 is 0 Å². The van der Waals surface area contributed by atoms with Crippen LogP contribution in [-0.2, 0) is 52.6 Å². The molecule has 60 heavy (non-hydrogen) atoms. The van der Waals surface area contributed by atoms with Crippen LogP contribution in [0.3, 0.4) is 0 Å². The SMILES string of the molecule is CCNC(=O)COCC(=O)NCCCCC(NC(=O)CC)C(=O)N[C@H](CCCCNC(=O)C(CCCCNC(=O)COCC)NC(C)=O)C(=O)NC(CCCCN)C(N)=O. The zero-order chi connectivity index (χ0) is 45.1. The minimum Gasteiger partial charge on any atom is -0.372 e. The molecular formula is C39H72N10O11. The summed E-state index contributed by atoms with van der Waals surface area (Å²) in [6.45, 7) is 8.01. The first-order valence-corrected chi connectivity index (χ1v) is 21.1. The van der Waals surface area contributed by atoms with Gasteiger partial charge in [0.15, 0.2) is 0 Å². The molecule has 0 saturated heterocycles. The Labute approximate surface area is 353 Å². The van der Waals surface area contributed by atoms with Crippen molar-refractivity contribution in [1.82, 2.24) is 42.5 Å². The molecule has 0 aliphatic rings. The highest BCUT2D eigenvalue weighted by Gasteiger charge is 2.29. The lowest BCUT2D eigenvalue weighted by Gasteiger charge is -2.25. The number of carbonyl (C=O) groups excluding carboxylic acids is 9. The van der Waals surface area contributed by atoms with Gasteiger partial charge in [-0.15, -0.1) is 0 Å². The van der Waals surface area contributed by atoms with Crippen molar-refractivity contribution in [2.75, 3.05) is 59.2 Å². The Kier molecular flexibility index (Phi) is 32.1. The molecule has 12 N–H and O–H groups in total. The lowest BCUT2D eigenvalue weighted by molar-refractivity contribution is -0.133. The fraction of sp³-hybridized carbons (Fsp3) is 0.769. The molecular weight excluding hydrogens is 784 g/mol. The average molecular weight is 857 g/mol. The van der Waals surface area contributed by atoms with E-state index < -0.39 is 53.7 Å². The van der Waals surface area contributed by atoms with Gasteiger partial charge in [-0.3, -0.25) is 43.2 Å². The van der Waals surface area contributed by atoms with Gasteiger partial charge in [0.25, 0.3) is 0 Å². The number of ether oxygens (including phenoxy) is 2. The van der Waals surface area contributed by atoms with Gasteiger partial charge in [-0.05, 0) is 97.4 Å². The first-order valence-electron chi connectivity index (χ1n) is 21.1. The molecule has 0 rings (SSSR count). The van der Waals surface area contributed by atoms with Gasteiger partial charge in [-0.2, -0.15) is 0 Å². The molecule has 0 fully saturated rings. The lowest BCUT2D eigenvalue weighted by Crippen LogP contribution is -2.56. The Bertz CT molecular complexity index is 1340. The molecule has 21 heteroatoms. The van der Waals surface area contributed by atoms with Gasteiger partial charge < -0.3 is 63.5 Å². The zero-order valence-electron chi connectivity index (χ0n) is 36.0. The van der Waals surface area contributed by atoms with Crippen molar-refractivity contribution in [3.05, 3.63) is 0 Å². The lowest BCUT2D eigenvalue weighted by atomic mass is 10.0. The summed E-state index contributed by atoms with van der Waals surface area (Å²) in [6, 6.07) is -3.96. The Balaban J connectivity index is 5.48. The number of rotatable bonds is 36. The molecule has 0 bridgehead atoms. The third-order valence-corrected chi connectivity index (χ3v) is 8.89. The highest BCUT2D eigenvalue weighted by Crippen LogP contribution is 2.09. The summed E-state index contributed by atoms with van der Waals surface area (Å²) in [4.78, 5) is 112. The molecule has 0 spiro atoms. The first-order chi connectivity index (χ1) is 28.7. The summed E-state index contributed by atoms with van der Waals surface area (Å²) in [5, 5.41) is 21.5. The molecule has 3 unspecified atom stereocenters. The van der Waals surface area contributed by atoms with Crippen LogP contribution >= 0.6 is 0 Å². The third-order valence-electron chi connectivity index (χ3n) is 8.89. The van der Waals surface area contributed by atoms with E-state index >= 15 is 0 Å².